The summed E-state index contributed by atoms with van der Waals surface area (Å²) in [6, 6.07) is 5.79. The van der Waals surface area contributed by atoms with E-state index >= 15 is 0 Å². The number of hydrogen-bond donors (Lipinski definition) is 2. The Labute approximate surface area is 114 Å². The molecule has 1 aromatic carbocycles. The Morgan fingerprint density at radius 3 is 2.45 bits per heavy atom. The number of aromatic nitrogens is 1. The van der Waals surface area contributed by atoms with Crippen molar-refractivity contribution in [2.24, 2.45) is 0 Å². The van der Waals surface area contributed by atoms with Gasteiger partial charge in [-0.3, -0.25) is 4.79 Å². The molecule has 104 valence electrons. The van der Waals surface area contributed by atoms with Crippen LogP contribution in [0.4, 0.5) is 20.3 Å². The van der Waals surface area contributed by atoms with Crippen LogP contribution in [-0.2, 0) is 6.42 Å². The largest absolute Gasteiger partial charge is 0.384 e. The van der Waals surface area contributed by atoms with Crippen molar-refractivity contribution >= 4 is 17.4 Å². The average Bonchev–Trinajstić information content (AvgIpc) is 2.36. The van der Waals surface area contributed by atoms with Gasteiger partial charge in [0.05, 0.1) is 0 Å². The Morgan fingerprint density at radius 1 is 1.20 bits per heavy atom. The van der Waals surface area contributed by atoms with Crippen LogP contribution in [0.5, 0.6) is 0 Å². The highest BCUT2D eigenvalue weighted by molar-refractivity contribution is 6.04. The summed E-state index contributed by atoms with van der Waals surface area (Å²) in [7, 11) is 0. The molecule has 0 aliphatic carbocycles. The second kappa shape index (κ2) is 5.64. The van der Waals surface area contributed by atoms with Gasteiger partial charge in [-0.15, -0.1) is 0 Å². The predicted octanol–water partition coefficient (Wildman–Crippen LogP) is 2.76. The number of carbonyl (C=O) groups is 1. The van der Waals surface area contributed by atoms with E-state index in [9.17, 15) is 13.6 Å². The van der Waals surface area contributed by atoms with Crippen molar-refractivity contribution in [3.63, 3.8) is 0 Å². The Kier molecular flexibility index (Phi) is 3.93. The Hall–Kier alpha value is -2.50. The summed E-state index contributed by atoms with van der Waals surface area (Å²) in [5.74, 6) is -1.80. The first-order valence-electron chi connectivity index (χ1n) is 6.02. The SMILES string of the molecule is CCc1cc(C(=O)Nc2cc(F)cc(F)c2)cc(N)n1. The second-order valence-electron chi connectivity index (χ2n) is 4.24. The van der Waals surface area contributed by atoms with Gasteiger partial charge in [-0.25, -0.2) is 13.8 Å². The Balaban J connectivity index is 2.25. The van der Waals surface area contributed by atoms with Crippen molar-refractivity contribution < 1.29 is 13.6 Å². The molecule has 0 saturated carbocycles. The zero-order chi connectivity index (χ0) is 14.7. The fourth-order valence-corrected chi connectivity index (χ4v) is 1.75. The molecule has 0 atom stereocenters. The highest BCUT2D eigenvalue weighted by Crippen LogP contribution is 2.15. The van der Waals surface area contributed by atoms with Gasteiger partial charge in [-0.2, -0.15) is 0 Å². The topological polar surface area (TPSA) is 68.0 Å². The van der Waals surface area contributed by atoms with E-state index < -0.39 is 17.5 Å². The number of aryl methyl sites for hydroxylation is 1. The number of benzene rings is 1. The first kappa shape index (κ1) is 13.9. The van der Waals surface area contributed by atoms with Crippen molar-refractivity contribution in [3.8, 4) is 0 Å². The van der Waals surface area contributed by atoms with Gasteiger partial charge in [-0.05, 0) is 30.7 Å². The summed E-state index contributed by atoms with van der Waals surface area (Å²) >= 11 is 0. The van der Waals surface area contributed by atoms with Gasteiger partial charge in [0.1, 0.15) is 17.5 Å². The number of rotatable bonds is 3. The molecule has 1 amide bonds. The van der Waals surface area contributed by atoms with Crippen molar-refractivity contribution in [1.82, 2.24) is 4.98 Å². The molecule has 0 unspecified atom stereocenters. The van der Waals surface area contributed by atoms with Crippen LogP contribution in [0.15, 0.2) is 30.3 Å². The molecule has 3 N–H and O–H groups in total. The minimum atomic E-state index is -0.760. The Bertz CT molecular complexity index is 639. The number of amides is 1. The minimum Gasteiger partial charge on any atom is -0.384 e. The summed E-state index contributed by atoms with van der Waals surface area (Å²) in [6.45, 7) is 1.88. The molecule has 6 heteroatoms. The lowest BCUT2D eigenvalue weighted by molar-refractivity contribution is 0.102. The molecular weight excluding hydrogens is 264 g/mol. The zero-order valence-corrected chi connectivity index (χ0v) is 10.8. The number of carbonyl (C=O) groups excluding carboxylic acids is 1. The lowest BCUT2D eigenvalue weighted by atomic mass is 10.1. The molecule has 2 rings (SSSR count). The molecule has 0 spiro atoms. The molecule has 4 nitrogen and oxygen atoms in total. The number of halogens is 2. The molecule has 1 heterocycles. The summed E-state index contributed by atoms with van der Waals surface area (Å²) < 4.78 is 26.1. The molecule has 0 bridgehead atoms. The number of pyridine rings is 1. The monoisotopic (exact) mass is 277 g/mol. The van der Waals surface area contributed by atoms with Crippen LogP contribution in [0.2, 0.25) is 0 Å². The van der Waals surface area contributed by atoms with Gasteiger partial charge >= 0.3 is 0 Å². The first-order valence-corrected chi connectivity index (χ1v) is 6.02. The number of nitrogens with one attached hydrogen (secondary N) is 1. The number of nitrogens with zero attached hydrogens (tertiary/aromatic N) is 1. The number of anilines is 2. The molecule has 0 aliphatic heterocycles. The van der Waals surface area contributed by atoms with Gasteiger partial charge < -0.3 is 11.1 Å². The highest BCUT2D eigenvalue weighted by atomic mass is 19.1. The van der Waals surface area contributed by atoms with E-state index in [1.54, 1.807) is 6.07 Å². The van der Waals surface area contributed by atoms with E-state index in [2.05, 4.69) is 10.3 Å². The summed E-state index contributed by atoms with van der Waals surface area (Å²) in [6.07, 6.45) is 0.625. The summed E-state index contributed by atoms with van der Waals surface area (Å²) in [5, 5.41) is 2.42. The fraction of sp³-hybridized carbons (Fsp3) is 0.143. The van der Waals surface area contributed by atoms with Crippen LogP contribution in [0, 0.1) is 11.6 Å². The van der Waals surface area contributed by atoms with Crippen LogP contribution in [-0.4, -0.2) is 10.9 Å². The van der Waals surface area contributed by atoms with Gasteiger partial charge in [-0.1, -0.05) is 6.92 Å². The van der Waals surface area contributed by atoms with Crippen molar-refractivity contribution in [1.29, 1.82) is 0 Å². The van der Waals surface area contributed by atoms with Gasteiger partial charge in [0, 0.05) is 23.0 Å². The smallest absolute Gasteiger partial charge is 0.255 e. The molecule has 0 radical (unpaired) electrons. The molecule has 0 fully saturated rings. The third-order valence-corrected chi connectivity index (χ3v) is 2.64. The maximum Gasteiger partial charge on any atom is 0.255 e. The molecule has 1 aromatic heterocycles. The quantitative estimate of drug-likeness (QED) is 0.906. The second-order valence-corrected chi connectivity index (χ2v) is 4.24. The van der Waals surface area contributed by atoms with Crippen molar-refractivity contribution in [2.45, 2.75) is 13.3 Å². The highest BCUT2D eigenvalue weighted by Gasteiger charge is 2.10. The molecular formula is C14H13F2N3O. The van der Waals surface area contributed by atoms with E-state index in [4.69, 9.17) is 5.73 Å². The maximum absolute atomic E-state index is 13.0. The number of nitrogens with two attached hydrogens (primary N) is 1. The van der Waals surface area contributed by atoms with E-state index in [0.29, 0.717) is 17.7 Å². The fourth-order valence-electron chi connectivity index (χ4n) is 1.75. The van der Waals surface area contributed by atoms with Gasteiger partial charge in [0.25, 0.3) is 5.91 Å². The molecule has 0 saturated heterocycles. The average molecular weight is 277 g/mol. The summed E-state index contributed by atoms with van der Waals surface area (Å²) in [5.41, 5.74) is 6.60. The standard InChI is InChI=1S/C14H13F2N3O/c1-2-11-3-8(4-13(17)18-11)14(20)19-12-6-9(15)5-10(16)7-12/h3-7H,2H2,1H3,(H2,17,18)(H,19,20). The normalized spacial score (nSPS) is 10.3. The lowest BCUT2D eigenvalue weighted by Gasteiger charge is -2.07. The van der Waals surface area contributed by atoms with Crippen LogP contribution >= 0.6 is 0 Å². The van der Waals surface area contributed by atoms with Crippen LogP contribution in [0.3, 0.4) is 0 Å². The van der Waals surface area contributed by atoms with Crippen molar-refractivity contribution in [3.05, 3.63) is 53.2 Å². The van der Waals surface area contributed by atoms with E-state index in [-0.39, 0.29) is 11.5 Å². The van der Waals surface area contributed by atoms with Crippen LogP contribution < -0.4 is 11.1 Å². The molecule has 0 aliphatic rings. The Morgan fingerprint density at radius 2 is 1.85 bits per heavy atom. The number of nitrogen functional groups attached to an aromatic ring is 1. The first-order chi connectivity index (χ1) is 9.47. The van der Waals surface area contributed by atoms with Crippen molar-refractivity contribution in [2.75, 3.05) is 11.1 Å². The molecule has 20 heavy (non-hydrogen) atoms. The number of hydrogen-bond acceptors (Lipinski definition) is 3. The maximum atomic E-state index is 13.0. The van der Waals surface area contributed by atoms with Crippen LogP contribution in [0.25, 0.3) is 0 Å². The lowest BCUT2D eigenvalue weighted by Crippen LogP contribution is -2.13. The van der Waals surface area contributed by atoms with E-state index in [1.807, 2.05) is 6.92 Å². The third kappa shape index (κ3) is 3.28. The molecule has 2 aromatic rings. The zero-order valence-electron chi connectivity index (χ0n) is 10.8. The minimum absolute atomic E-state index is 0.0425. The predicted molar refractivity (Wildman–Crippen MR) is 72.3 cm³/mol. The van der Waals surface area contributed by atoms with E-state index in [1.165, 1.54) is 6.07 Å². The van der Waals surface area contributed by atoms with E-state index in [0.717, 1.165) is 18.2 Å². The third-order valence-electron chi connectivity index (χ3n) is 2.64. The van der Waals surface area contributed by atoms with Gasteiger partial charge in [0.2, 0.25) is 0 Å². The van der Waals surface area contributed by atoms with Gasteiger partial charge in [0.15, 0.2) is 0 Å². The van der Waals surface area contributed by atoms with Crippen LogP contribution in [0.1, 0.15) is 23.0 Å². The summed E-state index contributed by atoms with van der Waals surface area (Å²) in [4.78, 5) is 16.1.